The van der Waals surface area contributed by atoms with Crippen LogP contribution in [-0.4, -0.2) is 30.6 Å². The van der Waals surface area contributed by atoms with Crippen molar-refractivity contribution in [1.82, 2.24) is 4.72 Å². The maximum atomic E-state index is 11.0. The van der Waals surface area contributed by atoms with E-state index in [4.69, 9.17) is 0 Å². The lowest BCUT2D eigenvalue weighted by Gasteiger charge is -2.11. The molecule has 0 fully saturated rings. The van der Waals surface area contributed by atoms with Crippen LogP contribution in [0, 0.1) is 0 Å². The first kappa shape index (κ1) is 12.7. The Bertz CT molecular complexity index is 206. The molecule has 0 aromatic heterocycles. The van der Waals surface area contributed by atoms with Gasteiger partial charge in [-0.05, 0) is 12.7 Å². The zero-order valence-corrected chi connectivity index (χ0v) is 10.4. The van der Waals surface area contributed by atoms with Gasteiger partial charge in [0.15, 0.2) is 0 Å². The molecule has 1 atom stereocenters. The summed E-state index contributed by atoms with van der Waals surface area (Å²) in [5.41, 5.74) is 0. The smallest absolute Gasteiger partial charge is 0.212 e. The predicted octanol–water partition coefficient (Wildman–Crippen LogP) is 1.40. The second kappa shape index (κ2) is 6.23. The Balaban J connectivity index is 3.76. The molecule has 0 aliphatic rings. The minimum absolute atomic E-state index is 0.0116. The van der Waals surface area contributed by atoms with Gasteiger partial charge in [-0.15, -0.1) is 0 Å². The molecule has 0 saturated heterocycles. The Labute approximate surface area is 86.9 Å². The number of hydrogen-bond acceptors (Lipinski definition) is 3. The Kier molecular flexibility index (Phi) is 6.62. The largest absolute Gasteiger partial charge is 0.221 e. The second-order valence-electron chi connectivity index (χ2n) is 2.40. The normalized spacial score (nSPS) is 14.6. The first-order valence-corrected chi connectivity index (χ1v) is 7.58. The Hall–Kier alpha value is 0.740. The van der Waals surface area contributed by atoms with Crippen LogP contribution in [0.4, 0.5) is 0 Å². The van der Waals surface area contributed by atoms with E-state index >= 15 is 0 Å². The molecule has 74 valence electrons. The second-order valence-corrected chi connectivity index (χ2v) is 6.78. The van der Waals surface area contributed by atoms with Gasteiger partial charge in [-0.25, -0.2) is 13.1 Å². The van der Waals surface area contributed by atoms with Crippen LogP contribution < -0.4 is 4.72 Å². The minimum atomic E-state index is -3.10. The fourth-order valence-corrected chi connectivity index (χ4v) is 2.60. The summed E-state index contributed by atoms with van der Waals surface area (Å²) in [4.78, 5) is 0. The van der Waals surface area contributed by atoms with Crippen LogP contribution in [0.2, 0.25) is 0 Å². The quantitative estimate of drug-likeness (QED) is 0.746. The Morgan fingerprint density at radius 3 is 2.58 bits per heavy atom. The SMILES string of the molecule is CCSCC(C)NS(=O)(=O)CBr. The van der Waals surface area contributed by atoms with E-state index in [-0.39, 0.29) is 10.7 Å². The highest BCUT2D eigenvalue weighted by Crippen LogP contribution is 2.03. The molecule has 3 nitrogen and oxygen atoms in total. The fourth-order valence-electron chi connectivity index (χ4n) is 0.667. The van der Waals surface area contributed by atoms with E-state index in [0.717, 1.165) is 11.5 Å². The van der Waals surface area contributed by atoms with Crippen molar-refractivity contribution in [2.75, 3.05) is 16.2 Å². The lowest BCUT2D eigenvalue weighted by Crippen LogP contribution is -2.34. The van der Waals surface area contributed by atoms with E-state index in [9.17, 15) is 8.42 Å². The molecule has 0 aliphatic heterocycles. The zero-order chi connectivity index (χ0) is 9.61. The molecular weight excluding hydrogens is 262 g/mol. The van der Waals surface area contributed by atoms with Gasteiger partial charge in [-0.3, -0.25) is 0 Å². The maximum absolute atomic E-state index is 11.0. The number of hydrogen-bond donors (Lipinski definition) is 1. The van der Waals surface area contributed by atoms with Crippen molar-refractivity contribution in [3.05, 3.63) is 0 Å². The van der Waals surface area contributed by atoms with Gasteiger partial charge < -0.3 is 0 Å². The molecule has 0 rings (SSSR count). The summed E-state index contributed by atoms with van der Waals surface area (Å²) in [6, 6.07) is 0.0116. The van der Waals surface area contributed by atoms with Gasteiger partial charge in [0.1, 0.15) is 4.66 Å². The van der Waals surface area contributed by atoms with Crippen LogP contribution in [-0.2, 0) is 10.0 Å². The molecule has 0 aromatic carbocycles. The van der Waals surface area contributed by atoms with Crippen molar-refractivity contribution < 1.29 is 8.42 Å². The Morgan fingerprint density at radius 1 is 1.58 bits per heavy atom. The molecule has 0 heterocycles. The first-order chi connectivity index (χ1) is 5.52. The van der Waals surface area contributed by atoms with Gasteiger partial charge in [0, 0.05) is 11.8 Å². The molecule has 0 aliphatic carbocycles. The van der Waals surface area contributed by atoms with Crippen LogP contribution in [0.1, 0.15) is 13.8 Å². The van der Waals surface area contributed by atoms with Crippen molar-refractivity contribution >= 4 is 37.7 Å². The third-order valence-corrected chi connectivity index (χ3v) is 5.10. The van der Waals surface area contributed by atoms with Crippen molar-refractivity contribution in [2.24, 2.45) is 0 Å². The highest BCUT2D eigenvalue weighted by molar-refractivity contribution is 9.10. The average molecular weight is 276 g/mol. The van der Waals surface area contributed by atoms with Crippen LogP contribution >= 0.6 is 27.7 Å². The first-order valence-electron chi connectivity index (χ1n) is 3.65. The lowest BCUT2D eigenvalue weighted by atomic mass is 10.4. The topological polar surface area (TPSA) is 46.2 Å². The van der Waals surface area contributed by atoms with Crippen molar-refractivity contribution in [1.29, 1.82) is 0 Å². The number of alkyl halides is 1. The van der Waals surface area contributed by atoms with E-state index < -0.39 is 10.0 Å². The average Bonchev–Trinajstić information content (AvgIpc) is 2.00. The maximum Gasteiger partial charge on any atom is 0.221 e. The van der Waals surface area contributed by atoms with Crippen LogP contribution in [0.15, 0.2) is 0 Å². The standard InChI is InChI=1S/C6H14BrNO2S2/c1-3-11-4-6(2)8-12(9,10)5-7/h6,8H,3-5H2,1-2H3. The number of nitrogens with one attached hydrogen (secondary N) is 1. The molecule has 0 aromatic rings. The van der Waals surface area contributed by atoms with E-state index in [0.29, 0.717) is 0 Å². The molecule has 0 saturated carbocycles. The van der Waals surface area contributed by atoms with E-state index in [1.807, 2.05) is 6.92 Å². The van der Waals surface area contributed by atoms with Crippen LogP contribution in [0.25, 0.3) is 0 Å². The summed E-state index contributed by atoms with van der Waals surface area (Å²) < 4.78 is 24.5. The molecule has 1 N–H and O–H groups in total. The molecule has 0 amide bonds. The van der Waals surface area contributed by atoms with E-state index in [1.54, 1.807) is 11.8 Å². The third-order valence-electron chi connectivity index (χ3n) is 1.10. The summed E-state index contributed by atoms with van der Waals surface area (Å²) in [5.74, 6) is 1.84. The Morgan fingerprint density at radius 2 is 2.17 bits per heavy atom. The van der Waals surface area contributed by atoms with E-state index in [1.165, 1.54) is 0 Å². The summed E-state index contributed by atoms with van der Waals surface area (Å²) in [5, 5.41) is 0. The zero-order valence-electron chi connectivity index (χ0n) is 7.21. The van der Waals surface area contributed by atoms with Gasteiger partial charge in [-0.1, -0.05) is 22.9 Å². The lowest BCUT2D eigenvalue weighted by molar-refractivity contribution is 0.576. The summed E-state index contributed by atoms with van der Waals surface area (Å²) >= 11 is 4.64. The van der Waals surface area contributed by atoms with Gasteiger partial charge in [0.2, 0.25) is 10.0 Å². The molecule has 0 spiro atoms. The summed E-state index contributed by atoms with van der Waals surface area (Å²) in [7, 11) is -3.10. The number of halogens is 1. The van der Waals surface area contributed by atoms with Gasteiger partial charge in [-0.2, -0.15) is 11.8 Å². The van der Waals surface area contributed by atoms with Crippen LogP contribution in [0.3, 0.4) is 0 Å². The highest BCUT2D eigenvalue weighted by Gasteiger charge is 2.11. The van der Waals surface area contributed by atoms with Crippen molar-refractivity contribution in [2.45, 2.75) is 19.9 Å². The fraction of sp³-hybridized carbons (Fsp3) is 1.00. The highest BCUT2D eigenvalue weighted by atomic mass is 79.9. The molecule has 0 radical (unpaired) electrons. The molecule has 12 heavy (non-hydrogen) atoms. The molecule has 1 unspecified atom stereocenters. The summed E-state index contributed by atoms with van der Waals surface area (Å²) in [6.07, 6.45) is 0. The number of sulfonamides is 1. The van der Waals surface area contributed by atoms with Crippen molar-refractivity contribution in [3.8, 4) is 0 Å². The monoisotopic (exact) mass is 275 g/mol. The predicted molar refractivity (Wildman–Crippen MR) is 58.3 cm³/mol. The van der Waals surface area contributed by atoms with Gasteiger partial charge in [0.05, 0.1) is 0 Å². The van der Waals surface area contributed by atoms with Gasteiger partial charge >= 0.3 is 0 Å². The minimum Gasteiger partial charge on any atom is -0.212 e. The van der Waals surface area contributed by atoms with Crippen molar-refractivity contribution in [3.63, 3.8) is 0 Å². The third kappa shape index (κ3) is 6.28. The molecule has 0 bridgehead atoms. The van der Waals surface area contributed by atoms with Crippen LogP contribution in [0.5, 0.6) is 0 Å². The van der Waals surface area contributed by atoms with E-state index in [2.05, 4.69) is 27.6 Å². The summed E-state index contributed by atoms with van der Waals surface area (Å²) in [6.45, 7) is 3.92. The number of rotatable bonds is 6. The molecule has 6 heteroatoms. The number of thioether (sulfide) groups is 1. The van der Waals surface area contributed by atoms with Gasteiger partial charge in [0.25, 0.3) is 0 Å². The molecular formula is C6H14BrNO2S2.